The van der Waals surface area contributed by atoms with Gasteiger partial charge in [0.2, 0.25) is 5.91 Å². The van der Waals surface area contributed by atoms with Gasteiger partial charge in [0.25, 0.3) is 5.69 Å². The zero-order chi connectivity index (χ0) is 15.2. The van der Waals surface area contributed by atoms with Crippen LogP contribution in [0.4, 0.5) is 11.4 Å². The summed E-state index contributed by atoms with van der Waals surface area (Å²) in [5, 5.41) is 20.5. The number of likely N-dealkylation sites (N-methyl/N-ethyl adjacent to an activating group) is 1. The number of amides is 1. The van der Waals surface area contributed by atoms with Gasteiger partial charge >= 0.3 is 0 Å². The summed E-state index contributed by atoms with van der Waals surface area (Å²) in [6.45, 7) is 0.437. The van der Waals surface area contributed by atoms with E-state index in [1.165, 1.54) is 10.7 Å². The molecule has 1 aromatic carbocycles. The van der Waals surface area contributed by atoms with Gasteiger partial charge in [0, 0.05) is 31.4 Å². The van der Waals surface area contributed by atoms with Crippen molar-refractivity contribution in [2.45, 2.75) is 13.1 Å². The van der Waals surface area contributed by atoms with Crippen molar-refractivity contribution in [1.29, 1.82) is 0 Å². The van der Waals surface area contributed by atoms with Gasteiger partial charge < -0.3 is 10.6 Å². The van der Waals surface area contributed by atoms with E-state index in [0.717, 1.165) is 0 Å². The number of hydrogen-bond acceptors (Lipinski definition) is 5. The van der Waals surface area contributed by atoms with Crippen molar-refractivity contribution < 1.29 is 9.72 Å². The highest BCUT2D eigenvalue weighted by atomic mass is 16.6. The monoisotopic (exact) mass is 289 g/mol. The lowest BCUT2D eigenvalue weighted by Gasteiger charge is -2.04. The summed E-state index contributed by atoms with van der Waals surface area (Å²) in [6, 6.07) is 6.54. The number of nitrogens with zero attached hydrogens (tertiary/aromatic N) is 3. The van der Waals surface area contributed by atoms with E-state index in [9.17, 15) is 14.9 Å². The molecule has 1 heterocycles. The van der Waals surface area contributed by atoms with Gasteiger partial charge in [-0.3, -0.25) is 19.6 Å². The Balaban J connectivity index is 2.01. The molecular formula is C13H15N5O3. The molecule has 0 saturated heterocycles. The van der Waals surface area contributed by atoms with Gasteiger partial charge in [-0.2, -0.15) is 5.10 Å². The third kappa shape index (κ3) is 3.78. The van der Waals surface area contributed by atoms with E-state index in [-0.39, 0.29) is 18.1 Å². The van der Waals surface area contributed by atoms with E-state index in [0.29, 0.717) is 17.8 Å². The Hall–Kier alpha value is -2.90. The Labute approximate surface area is 120 Å². The molecule has 0 fully saturated rings. The molecule has 0 unspecified atom stereocenters. The quantitative estimate of drug-likeness (QED) is 0.613. The number of carbonyl (C=O) groups is 1. The molecule has 1 amide bonds. The van der Waals surface area contributed by atoms with Crippen molar-refractivity contribution in [3.8, 4) is 0 Å². The Morgan fingerprint density at radius 3 is 2.90 bits per heavy atom. The van der Waals surface area contributed by atoms with Crippen molar-refractivity contribution in [3.05, 3.63) is 52.3 Å². The van der Waals surface area contributed by atoms with Crippen LogP contribution >= 0.6 is 0 Å². The van der Waals surface area contributed by atoms with Crippen LogP contribution in [0.3, 0.4) is 0 Å². The van der Waals surface area contributed by atoms with E-state index >= 15 is 0 Å². The van der Waals surface area contributed by atoms with Gasteiger partial charge in [0.1, 0.15) is 6.54 Å². The van der Waals surface area contributed by atoms with Crippen LogP contribution in [0, 0.1) is 10.1 Å². The summed E-state index contributed by atoms with van der Waals surface area (Å²) >= 11 is 0. The number of para-hydroxylation sites is 1. The second-order valence-corrected chi connectivity index (χ2v) is 4.34. The molecular weight excluding hydrogens is 274 g/mol. The molecule has 2 N–H and O–H groups in total. The molecule has 0 aliphatic rings. The lowest BCUT2D eigenvalue weighted by atomic mass is 10.2. The SMILES string of the molecule is CNC(=O)Cn1cc(NCc2ccccc2[N+](=O)[O-])cn1. The van der Waals surface area contributed by atoms with Gasteiger partial charge in [-0.05, 0) is 0 Å². The fourth-order valence-corrected chi connectivity index (χ4v) is 1.80. The predicted octanol–water partition coefficient (Wildman–Crippen LogP) is 1.15. The van der Waals surface area contributed by atoms with Crippen molar-refractivity contribution in [1.82, 2.24) is 15.1 Å². The third-order valence-corrected chi connectivity index (χ3v) is 2.89. The number of benzene rings is 1. The molecule has 21 heavy (non-hydrogen) atoms. The Kier molecular flexibility index (Phi) is 4.50. The summed E-state index contributed by atoms with van der Waals surface area (Å²) in [5.74, 6) is -0.150. The summed E-state index contributed by atoms with van der Waals surface area (Å²) in [6.07, 6.45) is 3.24. The molecule has 0 spiro atoms. The smallest absolute Gasteiger partial charge is 0.274 e. The van der Waals surface area contributed by atoms with E-state index < -0.39 is 4.92 Å². The molecule has 0 saturated carbocycles. The second kappa shape index (κ2) is 6.51. The molecule has 0 atom stereocenters. The molecule has 0 radical (unpaired) electrons. The van der Waals surface area contributed by atoms with Crippen molar-refractivity contribution >= 4 is 17.3 Å². The maximum absolute atomic E-state index is 11.2. The van der Waals surface area contributed by atoms with Crippen LogP contribution in [0.2, 0.25) is 0 Å². The van der Waals surface area contributed by atoms with Crippen LogP contribution in [0.1, 0.15) is 5.56 Å². The van der Waals surface area contributed by atoms with E-state index in [1.54, 1.807) is 37.6 Å². The zero-order valence-electron chi connectivity index (χ0n) is 11.4. The maximum Gasteiger partial charge on any atom is 0.274 e. The summed E-state index contributed by atoms with van der Waals surface area (Å²) in [5.41, 5.74) is 1.35. The lowest BCUT2D eigenvalue weighted by molar-refractivity contribution is -0.385. The fraction of sp³-hybridized carbons (Fsp3) is 0.231. The number of nitro benzene ring substituents is 1. The van der Waals surface area contributed by atoms with Gasteiger partial charge in [-0.15, -0.1) is 0 Å². The summed E-state index contributed by atoms with van der Waals surface area (Å²) in [4.78, 5) is 21.7. The first kappa shape index (κ1) is 14.5. The standard InChI is InChI=1S/C13H15N5O3/c1-14-13(19)9-17-8-11(7-16-17)15-6-10-4-2-3-5-12(10)18(20)21/h2-5,7-8,15H,6,9H2,1H3,(H,14,19). The molecule has 0 aliphatic heterocycles. The molecule has 0 aliphatic carbocycles. The third-order valence-electron chi connectivity index (χ3n) is 2.89. The van der Waals surface area contributed by atoms with Crippen LogP contribution in [-0.2, 0) is 17.9 Å². The first-order valence-electron chi connectivity index (χ1n) is 6.29. The number of hydrogen-bond donors (Lipinski definition) is 2. The molecule has 8 heteroatoms. The highest BCUT2D eigenvalue weighted by molar-refractivity contribution is 5.75. The first-order chi connectivity index (χ1) is 10.1. The highest BCUT2D eigenvalue weighted by Crippen LogP contribution is 2.19. The van der Waals surface area contributed by atoms with Crippen LogP contribution in [0.5, 0.6) is 0 Å². The highest BCUT2D eigenvalue weighted by Gasteiger charge is 2.12. The minimum Gasteiger partial charge on any atom is -0.378 e. The molecule has 1 aromatic heterocycles. The van der Waals surface area contributed by atoms with Gasteiger partial charge in [-0.25, -0.2) is 0 Å². The van der Waals surface area contributed by atoms with Crippen molar-refractivity contribution in [3.63, 3.8) is 0 Å². The van der Waals surface area contributed by atoms with Gasteiger partial charge in [0.15, 0.2) is 0 Å². The first-order valence-corrected chi connectivity index (χ1v) is 6.29. The average Bonchev–Trinajstić information content (AvgIpc) is 2.92. The lowest BCUT2D eigenvalue weighted by Crippen LogP contribution is -2.23. The van der Waals surface area contributed by atoms with Gasteiger partial charge in [0.05, 0.1) is 16.8 Å². The van der Waals surface area contributed by atoms with Crippen LogP contribution in [0.15, 0.2) is 36.7 Å². The number of rotatable bonds is 6. The van der Waals surface area contributed by atoms with Crippen molar-refractivity contribution in [2.75, 3.05) is 12.4 Å². The molecule has 2 aromatic rings. The number of nitro groups is 1. The van der Waals surface area contributed by atoms with Crippen LogP contribution in [0.25, 0.3) is 0 Å². The largest absolute Gasteiger partial charge is 0.378 e. The molecule has 0 bridgehead atoms. The summed E-state index contributed by atoms with van der Waals surface area (Å²) < 4.78 is 1.49. The number of aromatic nitrogens is 2. The number of nitrogens with one attached hydrogen (secondary N) is 2. The average molecular weight is 289 g/mol. The van der Waals surface area contributed by atoms with Gasteiger partial charge in [-0.1, -0.05) is 18.2 Å². The Bertz CT molecular complexity index is 653. The summed E-state index contributed by atoms with van der Waals surface area (Å²) in [7, 11) is 1.56. The Morgan fingerprint density at radius 2 is 2.19 bits per heavy atom. The minimum atomic E-state index is -0.411. The second-order valence-electron chi connectivity index (χ2n) is 4.34. The maximum atomic E-state index is 11.2. The molecule has 2 rings (SSSR count). The van der Waals surface area contributed by atoms with E-state index in [4.69, 9.17) is 0 Å². The number of carbonyl (C=O) groups excluding carboxylic acids is 1. The van der Waals surface area contributed by atoms with Crippen LogP contribution in [-0.4, -0.2) is 27.7 Å². The zero-order valence-corrected chi connectivity index (χ0v) is 11.4. The van der Waals surface area contributed by atoms with Crippen LogP contribution < -0.4 is 10.6 Å². The topological polar surface area (TPSA) is 102 Å². The van der Waals surface area contributed by atoms with Crippen molar-refractivity contribution in [2.24, 2.45) is 0 Å². The Morgan fingerprint density at radius 1 is 1.43 bits per heavy atom. The predicted molar refractivity (Wildman–Crippen MR) is 76.7 cm³/mol. The van der Waals surface area contributed by atoms with E-state index in [2.05, 4.69) is 15.7 Å². The number of anilines is 1. The fourth-order valence-electron chi connectivity index (χ4n) is 1.80. The minimum absolute atomic E-state index is 0.0720. The normalized spacial score (nSPS) is 10.1. The molecule has 110 valence electrons. The molecule has 8 nitrogen and oxygen atoms in total. The van der Waals surface area contributed by atoms with E-state index in [1.807, 2.05) is 0 Å².